The molecule has 0 atom stereocenters. The lowest BCUT2D eigenvalue weighted by molar-refractivity contribution is -0.130. The highest BCUT2D eigenvalue weighted by Gasteiger charge is 2.15. The van der Waals surface area contributed by atoms with Gasteiger partial charge in [0.1, 0.15) is 4.90 Å². The second-order valence-electron chi connectivity index (χ2n) is 5.33. The van der Waals surface area contributed by atoms with Crippen LogP contribution in [0, 0.1) is 0 Å². The van der Waals surface area contributed by atoms with Crippen LogP contribution in [0.5, 0.6) is 0 Å². The largest absolute Gasteiger partial charge is 0.341 e. The van der Waals surface area contributed by atoms with E-state index in [0.29, 0.717) is 16.6 Å². The Morgan fingerprint density at radius 1 is 1.24 bits per heavy atom. The summed E-state index contributed by atoms with van der Waals surface area (Å²) in [7, 11) is -2.03. The fraction of sp³-hybridized carbons (Fsp3) is 0.250. The van der Waals surface area contributed by atoms with Gasteiger partial charge in [-0.2, -0.15) is 0 Å². The van der Waals surface area contributed by atoms with Gasteiger partial charge in [-0.1, -0.05) is 29.3 Å². The van der Waals surface area contributed by atoms with Gasteiger partial charge in [-0.15, -0.1) is 0 Å². The molecule has 0 aliphatic rings. The van der Waals surface area contributed by atoms with Gasteiger partial charge in [0.15, 0.2) is 0 Å². The first kappa shape index (κ1) is 19.7. The Morgan fingerprint density at radius 3 is 2.64 bits per heavy atom. The number of aromatic nitrogens is 1. The minimum absolute atomic E-state index is 0.00176. The lowest BCUT2D eigenvalue weighted by Gasteiger charge is -2.18. The first-order chi connectivity index (χ1) is 11.8. The summed E-state index contributed by atoms with van der Waals surface area (Å²) in [4.78, 5) is 17.5. The fourth-order valence-electron chi connectivity index (χ4n) is 2.07. The zero-order valence-corrected chi connectivity index (χ0v) is 15.8. The van der Waals surface area contributed by atoms with E-state index < -0.39 is 10.0 Å². The van der Waals surface area contributed by atoms with Crippen LogP contribution in [0.4, 0.5) is 0 Å². The molecule has 0 radical (unpaired) electrons. The lowest BCUT2D eigenvalue weighted by atomic mass is 10.2. The Kier molecular flexibility index (Phi) is 6.78. The van der Waals surface area contributed by atoms with Crippen molar-refractivity contribution in [3.05, 3.63) is 58.3 Å². The number of nitrogens with one attached hydrogen (secondary N) is 1. The van der Waals surface area contributed by atoms with Crippen LogP contribution in [-0.4, -0.2) is 37.8 Å². The summed E-state index contributed by atoms with van der Waals surface area (Å²) in [6, 6.07) is 8.11. The number of halogens is 2. The third-order valence-corrected chi connectivity index (χ3v) is 5.59. The molecule has 0 spiro atoms. The van der Waals surface area contributed by atoms with E-state index in [-0.39, 0.29) is 23.8 Å². The summed E-state index contributed by atoms with van der Waals surface area (Å²) in [5.41, 5.74) is 0.834. The van der Waals surface area contributed by atoms with Crippen LogP contribution in [0.15, 0.2) is 47.6 Å². The van der Waals surface area contributed by atoms with Crippen LogP contribution in [-0.2, 0) is 21.4 Å². The van der Waals surface area contributed by atoms with Crippen molar-refractivity contribution in [1.29, 1.82) is 0 Å². The first-order valence-corrected chi connectivity index (χ1v) is 9.61. The minimum atomic E-state index is -3.67. The highest BCUT2D eigenvalue weighted by Crippen LogP contribution is 2.23. The molecule has 1 aromatic heterocycles. The number of nitrogens with zero attached hydrogens (tertiary/aromatic N) is 2. The molecule has 0 saturated carbocycles. The molecule has 1 N–H and O–H groups in total. The molecule has 6 nitrogen and oxygen atoms in total. The predicted octanol–water partition coefficient (Wildman–Crippen LogP) is 2.72. The molecule has 0 unspecified atom stereocenters. The van der Waals surface area contributed by atoms with Crippen LogP contribution in [0.25, 0.3) is 0 Å². The third-order valence-electron chi connectivity index (χ3n) is 3.41. The van der Waals surface area contributed by atoms with Crippen LogP contribution in [0.1, 0.15) is 12.0 Å². The van der Waals surface area contributed by atoms with Gasteiger partial charge >= 0.3 is 0 Å². The lowest BCUT2D eigenvalue weighted by Crippen LogP contribution is -2.32. The Labute approximate surface area is 156 Å². The molecule has 0 aliphatic carbocycles. The SMILES string of the molecule is CN(Cc1ccc(Cl)c(Cl)c1)C(=O)CCNS(=O)(=O)c1cccnc1. The normalized spacial score (nSPS) is 11.3. The number of rotatable bonds is 7. The standard InChI is InChI=1S/C16H17Cl2N3O3S/c1-21(11-12-4-5-14(17)15(18)9-12)16(22)6-8-20-25(23,24)13-3-2-7-19-10-13/h2-5,7,9-10,20H,6,8,11H2,1H3. The first-order valence-electron chi connectivity index (χ1n) is 7.37. The maximum Gasteiger partial charge on any atom is 0.242 e. The minimum Gasteiger partial charge on any atom is -0.341 e. The maximum atomic E-state index is 12.1. The molecular weight excluding hydrogens is 385 g/mol. The number of carbonyl (C=O) groups is 1. The van der Waals surface area contributed by atoms with E-state index in [1.807, 2.05) is 0 Å². The topological polar surface area (TPSA) is 79.4 Å². The van der Waals surface area contributed by atoms with Gasteiger partial charge in [0.25, 0.3) is 0 Å². The Balaban J connectivity index is 1.86. The van der Waals surface area contributed by atoms with Crippen molar-refractivity contribution in [2.45, 2.75) is 17.9 Å². The summed E-state index contributed by atoms with van der Waals surface area (Å²) in [5, 5.41) is 0.869. The molecule has 1 aromatic carbocycles. The number of carbonyl (C=O) groups excluding carboxylic acids is 1. The highest BCUT2D eigenvalue weighted by atomic mass is 35.5. The van der Waals surface area contributed by atoms with E-state index in [4.69, 9.17) is 23.2 Å². The molecule has 134 valence electrons. The van der Waals surface area contributed by atoms with Crippen LogP contribution < -0.4 is 4.72 Å². The van der Waals surface area contributed by atoms with E-state index >= 15 is 0 Å². The molecular formula is C16H17Cl2N3O3S. The van der Waals surface area contributed by atoms with E-state index in [9.17, 15) is 13.2 Å². The van der Waals surface area contributed by atoms with Gasteiger partial charge < -0.3 is 4.90 Å². The van der Waals surface area contributed by atoms with E-state index in [2.05, 4.69) is 9.71 Å². The summed E-state index contributed by atoms with van der Waals surface area (Å²) in [6.07, 6.45) is 2.78. The molecule has 1 heterocycles. The number of hydrogen-bond donors (Lipinski definition) is 1. The summed E-state index contributed by atoms with van der Waals surface area (Å²) < 4.78 is 26.5. The average Bonchev–Trinajstić information content (AvgIpc) is 2.58. The molecule has 2 aromatic rings. The number of pyridine rings is 1. The molecule has 25 heavy (non-hydrogen) atoms. The van der Waals surface area contributed by atoms with E-state index in [1.165, 1.54) is 29.4 Å². The molecule has 2 rings (SSSR count). The van der Waals surface area contributed by atoms with Gasteiger partial charge in [-0.25, -0.2) is 13.1 Å². The predicted molar refractivity (Wildman–Crippen MR) is 97.0 cm³/mol. The second kappa shape index (κ2) is 8.62. The molecule has 9 heteroatoms. The number of sulfonamides is 1. The van der Waals surface area contributed by atoms with Crippen LogP contribution in [0.2, 0.25) is 10.0 Å². The highest BCUT2D eigenvalue weighted by molar-refractivity contribution is 7.89. The zero-order valence-electron chi connectivity index (χ0n) is 13.4. The Morgan fingerprint density at radius 2 is 2.00 bits per heavy atom. The molecule has 1 amide bonds. The van der Waals surface area contributed by atoms with Crippen molar-refractivity contribution in [3.8, 4) is 0 Å². The van der Waals surface area contributed by atoms with Gasteiger partial charge in [0.05, 0.1) is 10.0 Å². The van der Waals surface area contributed by atoms with Gasteiger partial charge in [0, 0.05) is 39.0 Å². The molecule has 0 fully saturated rings. The van der Waals surface area contributed by atoms with Crippen LogP contribution in [0.3, 0.4) is 0 Å². The number of hydrogen-bond acceptors (Lipinski definition) is 4. The number of benzene rings is 1. The van der Waals surface area contributed by atoms with Crippen molar-refractivity contribution in [2.24, 2.45) is 0 Å². The second-order valence-corrected chi connectivity index (χ2v) is 7.92. The van der Waals surface area contributed by atoms with Gasteiger partial charge in [0.2, 0.25) is 15.9 Å². The fourth-order valence-corrected chi connectivity index (χ4v) is 3.39. The van der Waals surface area contributed by atoms with Gasteiger partial charge in [-0.05, 0) is 29.8 Å². The van der Waals surface area contributed by atoms with Crippen molar-refractivity contribution in [2.75, 3.05) is 13.6 Å². The van der Waals surface area contributed by atoms with E-state index in [1.54, 1.807) is 25.2 Å². The zero-order chi connectivity index (χ0) is 18.4. The van der Waals surface area contributed by atoms with Crippen molar-refractivity contribution in [3.63, 3.8) is 0 Å². The van der Waals surface area contributed by atoms with Gasteiger partial charge in [-0.3, -0.25) is 9.78 Å². The van der Waals surface area contributed by atoms with Crippen molar-refractivity contribution >= 4 is 39.1 Å². The van der Waals surface area contributed by atoms with Crippen LogP contribution >= 0.6 is 23.2 Å². The average molecular weight is 402 g/mol. The quantitative estimate of drug-likeness (QED) is 0.773. The Hall–Kier alpha value is -1.67. The molecule has 0 bridgehead atoms. The van der Waals surface area contributed by atoms with Crippen molar-refractivity contribution in [1.82, 2.24) is 14.6 Å². The summed E-state index contributed by atoms with van der Waals surface area (Å²) in [5.74, 6) is -0.194. The van der Waals surface area contributed by atoms with Crippen molar-refractivity contribution < 1.29 is 13.2 Å². The summed E-state index contributed by atoms with van der Waals surface area (Å²) >= 11 is 11.8. The Bertz CT molecular complexity index is 845. The monoisotopic (exact) mass is 401 g/mol. The summed E-state index contributed by atoms with van der Waals surface area (Å²) in [6.45, 7) is 0.354. The number of amides is 1. The maximum absolute atomic E-state index is 12.1. The molecule has 0 saturated heterocycles. The molecule has 0 aliphatic heterocycles. The smallest absolute Gasteiger partial charge is 0.242 e. The van der Waals surface area contributed by atoms with E-state index in [0.717, 1.165) is 5.56 Å². The third kappa shape index (κ3) is 5.67.